The normalized spacial score (nSPS) is 11.1. The zero-order chi connectivity index (χ0) is 12.7. The summed E-state index contributed by atoms with van der Waals surface area (Å²) in [6.07, 6.45) is -2.43. The number of nitrogens with one attached hydrogen (secondary N) is 1. The largest absolute Gasteiger partial charge is 0.374 e. The van der Waals surface area contributed by atoms with E-state index in [4.69, 9.17) is 4.74 Å². The van der Waals surface area contributed by atoms with E-state index in [2.05, 4.69) is 21.2 Å². The molecule has 0 saturated carbocycles. The Morgan fingerprint density at radius 3 is 2.76 bits per heavy atom. The summed E-state index contributed by atoms with van der Waals surface area (Å²) in [6.45, 7) is 0.703. The van der Waals surface area contributed by atoms with E-state index < -0.39 is 13.0 Å². The highest BCUT2D eigenvalue weighted by Gasteiger charge is 2.02. The fourth-order valence-corrected chi connectivity index (χ4v) is 1.63. The third kappa shape index (κ3) is 6.05. The molecule has 1 aromatic rings. The topological polar surface area (TPSA) is 21.3 Å². The van der Waals surface area contributed by atoms with E-state index >= 15 is 0 Å². The van der Waals surface area contributed by atoms with Gasteiger partial charge in [-0.2, -0.15) is 0 Å². The highest BCUT2D eigenvalue weighted by molar-refractivity contribution is 9.10. The summed E-state index contributed by atoms with van der Waals surface area (Å²) >= 11 is 3.09. The first kappa shape index (κ1) is 14.5. The lowest BCUT2D eigenvalue weighted by Gasteiger charge is -2.06. The van der Waals surface area contributed by atoms with Gasteiger partial charge in [0.25, 0.3) is 6.43 Å². The van der Waals surface area contributed by atoms with Gasteiger partial charge in [0, 0.05) is 13.1 Å². The predicted molar refractivity (Wildman–Crippen MR) is 62.6 cm³/mol. The summed E-state index contributed by atoms with van der Waals surface area (Å²) in [5.41, 5.74) is 0.909. The minimum absolute atomic E-state index is 0.229. The maximum atomic E-state index is 12.9. The number of benzene rings is 1. The van der Waals surface area contributed by atoms with Gasteiger partial charge in [0.15, 0.2) is 0 Å². The molecule has 0 aliphatic rings. The first-order valence-corrected chi connectivity index (χ1v) is 5.89. The Kier molecular flexibility index (Phi) is 6.54. The van der Waals surface area contributed by atoms with Gasteiger partial charge in [-0.1, -0.05) is 6.07 Å². The van der Waals surface area contributed by atoms with E-state index in [1.165, 1.54) is 6.07 Å². The van der Waals surface area contributed by atoms with Crippen molar-refractivity contribution < 1.29 is 17.9 Å². The number of ether oxygens (including phenoxy) is 1. The van der Waals surface area contributed by atoms with Gasteiger partial charge in [0.2, 0.25) is 0 Å². The first-order valence-electron chi connectivity index (χ1n) is 5.10. The van der Waals surface area contributed by atoms with Gasteiger partial charge < -0.3 is 10.1 Å². The molecule has 0 aromatic heterocycles. The first-order chi connectivity index (χ1) is 8.09. The molecule has 96 valence electrons. The van der Waals surface area contributed by atoms with Crippen molar-refractivity contribution >= 4 is 15.9 Å². The average Bonchev–Trinajstić information content (AvgIpc) is 2.27. The second kappa shape index (κ2) is 7.68. The molecule has 0 atom stereocenters. The Hall–Kier alpha value is -0.590. The summed E-state index contributed by atoms with van der Waals surface area (Å²) in [4.78, 5) is 0. The summed E-state index contributed by atoms with van der Waals surface area (Å²) in [6, 6.07) is 4.70. The summed E-state index contributed by atoms with van der Waals surface area (Å²) < 4.78 is 41.4. The molecule has 0 spiro atoms. The van der Waals surface area contributed by atoms with Crippen LogP contribution in [0.3, 0.4) is 0 Å². The second-order valence-electron chi connectivity index (χ2n) is 3.39. The highest BCUT2D eigenvalue weighted by Crippen LogP contribution is 2.16. The standard InChI is InChI=1S/C11H13BrF3NO/c12-9-5-8(1-2-10(9)13)6-16-3-4-17-7-11(14)15/h1-2,5,11,16H,3-4,6-7H2. The molecule has 6 heteroatoms. The highest BCUT2D eigenvalue weighted by atomic mass is 79.9. The van der Waals surface area contributed by atoms with E-state index in [-0.39, 0.29) is 12.4 Å². The minimum atomic E-state index is -2.43. The van der Waals surface area contributed by atoms with Crippen molar-refractivity contribution in [2.24, 2.45) is 0 Å². The van der Waals surface area contributed by atoms with Crippen LogP contribution in [0.25, 0.3) is 0 Å². The lowest BCUT2D eigenvalue weighted by atomic mass is 10.2. The van der Waals surface area contributed by atoms with Gasteiger partial charge >= 0.3 is 0 Å². The summed E-state index contributed by atoms with van der Waals surface area (Å²) in [5.74, 6) is -0.311. The van der Waals surface area contributed by atoms with Gasteiger partial charge in [-0.15, -0.1) is 0 Å². The lowest BCUT2D eigenvalue weighted by molar-refractivity contribution is 0.0187. The molecule has 0 aliphatic heterocycles. The summed E-state index contributed by atoms with van der Waals surface area (Å²) in [5, 5.41) is 3.01. The molecule has 0 amide bonds. The maximum Gasteiger partial charge on any atom is 0.261 e. The fraction of sp³-hybridized carbons (Fsp3) is 0.455. The molecule has 1 rings (SSSR count). The van der Waals surface area contributed by atoms with Gasteiger partial charge in [-0.25, -0.2) is 13.2 Å². The van der Waals surface area contributed by atoms with Crippen molar-refractivity contribution in [1.82, 2.24) is 5.32 Å². The Labute approximate surface area is 106 Å². The molecular formula is C11H13BrF3NO. The SMILES string of the molecule is Fc1ccc(CNCCOCC(F)F)cc1Br. The van der Waals surface area contributed by atoms with Crippen LogP contribution in [0.5, 0.6) is 0 Å². The van der Waals surface area contributed by atoms with Crippen LogP contribution in [0.4, 0.5) is 13.2 Å². The molecule has 1 aromatic carbocycles. The molecule has 0 fully saturated rings. The van der Waals surface area contributed by atoms with Crippen molar-refractivity contribution in [2.45, 2.75) is 13.0 Å². The van der Waals surface area contributed by atoms with Crippen molar-refractivity contribution in [3.63, 3.8) is 0 Å². The smallest absolute Gasteiger partial charge is 0.261 e. The number of halogens is 4. The molecule has 0 saturated heterocycles. The quantitative estimate of drug-likeness (QED) is 0.782. The Morgan fingerprint density at radius 1 is 1.35 bits per heavy atom. The minimum Gasteiger partial charge on any atom is -0.374 e. The second-order valence-corrected chi connectivity index (χ2v) is 4.25. The van der Waals surface area contributed by atoms with Crippen LogP contribution in [0.1, 0.15) is 5.56 Å². The Balaban J connectivity index is 2.16. The van der Waals surface area contributed by atoms with Crippen molar-refractivity contribution in [3.8, 4) is 0 Å². The fourth-order valence-electron chi connectivity index (χ4n) is 1.20. The van der Waals surface area contributed by atoms with Crippen LogP contribution in [0.2, 0.25) is 0 Å². The van der Waals surface area contributed by atoms with Gasteiger partial charge in [0.1, 0.15) is 12.4 Å². The maximum absolute atomic E-state index is 12.9. The van der Waals surface area contributed by atoms with Crippen LogP contribution in [-0.4, -0.2) is 26.2 Å². The van der Waals surface area contributed by atoms with E-state index in [0.717, 1.165) is 5.56 Å². The monoisotopic (exact) mass is 311 g/mol. The van der Waals surface area contributed by atoms with Gasteiger partial charge in [-0.05, 0) is 33.6 Å². The summed E-state index contributed by atoms with van der Waals surface area (Å²) in [7, 11) is 0. The van der Waals surface area contributed by atoms with Crippen LogP contribution >= 0.6 is 15.9 Å². The van der Waals surface area contributed by atoms with E-state index in [1.807, 2.05) is 0 Å². The van der Waals surface area contributed by atoms with E-state index in [0.29, 0.717) is 17.6 Å². The Bertz CT molecular complexity index is 349. The molecule has 0 heterocycles. The van der Waals surface area contributed by atoms with Gasteiger partial charge in [-0.3, -0.25) is 0 Å². The van der Waals surface area contributed by atoms with Crippen molar-refractivity contribution in [1.29, 1.82) is 0 Å². The number of hydrogen-bond acceptors (Lipinski definition) is 2. The predicted octanol–water partition coefficient (Wildman–Crippen LogP) is 2.96. The number of rotatable bonds is 7. The van der Waals surface area contributed by atoms with Crippen LogP contribution < -0.4 is 5.32 Å². The zero-order valence-corrected chi connectivity index (χ0v) is 10.6. The lowest BCUT2D eigenvalue weighted by Crippen LogP contribution is -2.20. The third-order valence-corrected chi connectivity index (χ3v) is 2.59. The number of alkyl halides is 2. The molecule has 1 N–H and O–H groups in total. The number of hydrogen-bond donors (Lipinski definition) is 1. The molecule has 17 heavy (non-hydrogen) atoms. The molecular weight excluding hydrogens is 299 g/mol. The van der Waals surface area contributed by atoms with E-state index in [9.17, 15) is 13.2 Å². The Morgan fingerprint density at radius 2 is 2.12 bits per heavy atom. The van der Waals surface area contributed by atoms with Gasteiger partial charge in [0.05, 0.1) is 11.1 Å². The molecule has 0 radical (unpaired) electrons. The van der Waals surface area contributed by atoms with E-state index in [1.54, 1.807) is 12.1 Å². The zero-order valence-electron chi connectivity index (χ0n) is 9.06. The van der Waals surface area contributed by atoms with Crippen molar-refractivity contribution in [3.05, 3.63) is 34.1 Å². The molecule has 0 aliphatic carbocycles. The molecule has 0 bridgehead atoms. The molecule has 2 nitrogen and oxygen atoms in total. The van der Waals surface area contributed by atoms with Crippen LogP contribution in [-0.2, 0) is 11.3 Å². The van der Waals surface area contributed by atoms with Crippen molar-refractivity contribution in [2.75, 3.05) is 19.8 Å². The third-order valence-electron chi connectivity index (χ3n) is 1.98. The molecule has 0 unspecified atom stereocenters. The van der Waals surface area contributed by atoms with Crippen LogP contribution in [0, 0.1) is 5.82 Å². The van der Waals surface area contributed by atoms with Crippen LogP contribution in [0.15, 0.2) is 22.7 Å². The average molecular weight is 312 g/mol.